The highest BCUT2D eigenvalue weighted by Gasteiger charge is 2.16. The van der Waals surface area contributed by atoms with E-state index in [-0.39, 0.29) is 0 Å². The van der Waals surface area contributed by atoms with Crippen LogP contribution < -0.4 is 10.2 Å². The Morgan fingerprint density at radius 1 is 1.16 bits per heavy atom. The molecule has 0 spiro atoms. The molecule has 1 fully saturated rings. The van der Waals surface area contributed by atoms with Crippen LogP contribution in [0.5, 0.6) is 0 Å². The summed E-state index contributed by atoms with van der Waals surface area (Å²) in [5, 5.41) is 3.08. The van der Waals surface area contributed by atoms with Crippen LogP contribution in [0.1, 0.15) is 6.42 Å². The number of nitrogens with one attached hydrogen (secondary N) is 1. The van der Waals surface area contributed by atoms with Crippen molar-refractivity contribution in [1.82, 2.24) is 10.2 Å². The van der Waals surface area contributed by atoms with Crippen molar-refractivity contribution in [2.45, 2.75) is 6.42 Å². The lowest BCUT2D eigenvalue weighted by molar-refractivity contribution is 0.255. The maximum absolute atomic E-state index is 4.87. The molecule has 1 N–H and O–H groups in total. The molecule has 0 aromatic heterocycles. The molecule has 5 heteroatoms. The third kappa shape index (κ3) is 5.01. The predicted molar refractivity (Wildman–Crippen MR) is 89.3 cm³/mol. The average Bonchev–Trinajstić information content (AvgIpc) is 2.45. The van der Waals surface area contributed by atoms with E-state index in [4.69, 9.17) is 12.2 Å². The molecule has 1 aromatic carbocycles. The molecule has 0 unspecified atom stereocenters. The highest BCUT2D eigenvalue weighted by molar-refractivity contribution is 8.11. The van der Waals surface area contributed by atoms with Gasteiger partial charge in [0.05, 0.1) is 0 Å². The molecule has 0 amide bonds. The van der Waals surface area contributed by atoms with Gasteiger partial charge in [0.1, 0.15) is 4.32 Å². The number of piperazine rings is 1. The van der Waals surface area contributed by atoms with Gasteiger partial charge >= 0.3 is 0 Å². The van der Waals surface area contributed by atoms with E-state index >= 15 is 0 Å². The van der Waals surface area contributed by atoms with E-state index in [9.17, 15) is 0 Å². The van der Waals surface area contributed by atoms with Crippen LogP contribution in [0, 0.1) is 0 Å². The van der Waals surface area contributed by atoms with E-state index in [1.54, 1.807) is 0 Å². The molecule has 1 aromatic rings. The Kier molecular flexibility index (Phi) is 5.94. The fourth-order valence-corrected chi connectivity index (χ4v) is 2.58. The first kappa shape index (κ1) is 14.6. The first-order chi connectivity index (χ1) is 9.25. The molecule has 104 valence electrons. The molecule has 19 heavy (non-hydrogen) atoms. The summed E-state index contributed by atoms with van der Waals surface area (Å²) in [6.07, 6.45) is 1.12. The smallest absolute Gasteiger partial charge is 0.130 e. The van der Waals surface area contributed by atoms with E-state index in [0.29, 0.717) is 4.32 Å². The van der Waals surface area contributed by atoms with Crippen molar-refractivity contribution in [3.8, 4) is 0 Å². The molecule has 0 bridgehead atoms. The summed E-state index contributed by atoms with van der Waals surface area (Å²) < 4.78 is 0.592. The van der Waals surface area contributed by atoms with E-state index in [2.05, 4.69) is 58.1 Å². The standard InChI is InChI=1S/C14H21N3S2/c18-14(19)15-7-4-8-16-9-11-17(12-10-16)13-5-2-1-3-6-13/h1-3,5-6H,4,7-12H2,(H2,15,18,19). The number of nitrogens with zero attached hydrogens (tertiary/aromatic N) is 2. The minimum atomic E-state index is 0.592. The maximum Gasteiger partial charge on any atom is 0.130 e. The number of hydrogen-bond acceptors (Lipinski definition) is 3. The van der Waals surface area contributed by atoms with E-state index < -0.39 is 0 Å². The van der Waals surface area contributed by atoms with Gasteiger partial charge in [-0.1, -0.05) is 30.4 Å². The number of hydrogen-bond donors (Lipinski definition) is 2. The average molecular weight is 295 g/mol. The minimum Gasteiger partial charge on any atom is -0.371 e. The Labute approximate surface area is 126 Å². The molecule has 1 aliphatic heterocycles. The second-order valence-corrected chi connectivity index (χ2v) is 5.91. The summed E-state index contributed by atoms with van der Waals surface area (Å²) in [4.78, 5) is 4.97. The highest BCUT2D eigenvalue weighted by Crippen LogP contribution is 2.15. The first-order valence-corrected chi connectivity index (χ1v) is 7.60. The second-order valence-electron chi connectivity index (χ2n) is 4.75. The number of thiocarbonyl (C=S) groups is 1. The molecule has 3 nitrogen and oxygen atoms in total. The van der Waals surface area contributed by atoms with E-state index in [1.807, 2.05) is 0 Å². The summed E-state index contributed by atoms with van der Waals surface area (Å²) >= 11 is 8.92. The van der Waals surface area contributed by atoms with Crippen molar-refractivity contribution in [1.29, 1.82) is 0 Å². The van der Waals surface area contributed by atoms with Crippen LogP contribution in [0.3, 0.4) is 0 Å². The predicted octanol–water partition coefficient (Wildman–Crippen LogP) is 2.00. The van der Waals surface area contributed by atoms with E-state index in [1.165, 1.54) is 5.69 Å². The van der Waals surface area contributed by atoms with Crippen LogP contribution in [0.2, 0.25) is 0 Å². The molecule has 0 saturated carbocycles. The lowest BCUT2D eigenvalue weighted by atomic mass is 10.2. The lowest BCUT2D eigenvalue weighted by Gasteiger charge is -2.36. The summed E-state index contributed by atoms with van der Waals surface area (Å²) in [5.74, 6) is 0. The normalized spacial score (nSPS) is 16.4. The van der Waals surface area contributed by atoms with Crippen molar-refractivity contribution in [2.24, 2.45) is 0 Å². The fraction of sp³-hybridized carbons (Fsp3) is 0.500. The van der Waals surface area contributed by atoms with Gasteiger partial charge < -0.3 is 10.2 Å². The zero-order valence-corrected chi connectivity index (χ0v) is 12.8. The summed E-state index contributed by atoms with van der Waals surface area (Å²) in [6, 6.07) is 10.7. The van der Waals surface area contributed by atoms with Crippen molar-refractivity contribution in [3.63, 3.8) is 0 Å². The van der Waals surface area contributed by atoms with Gasteiger partial charge in [-0.15, -0.1) is 12.6 Å². The summed E-state index contributed by atoms with van der Waals surface area (Å²) in [5.41, 5.74) is 1.34. The largest absolute Gasteiger partial charge is 0.371 e. The topological polar surface area (TPSA) is 18.5 Å². The second kappa shape index (κ2) is 7.72. The van der Waals surface area contributed by atoms with Crippen LogP contribution in [-0.2, 0) is 0 Å². The molecule has 1 heterocycles. The number of rotatable bonds is 5. The van der Waals surface area contributed by atoms with Gasteiger partial charge in [0.15, 0.2) is 0 Å². The Morgan fingerprint density at radius 2 is 1.84 bits per heavy atom. The quantitative estimate of drug-likeness (QED) is 0.491. The first-order valence-electron chi connectivity index (χ1n) is 6.75. The summed E-state index contributed by atoms with van der Waals surface area (Å²) in [7, 11) is 0. The van der Waals surface area contributed by atoms with Gasteiger partial charge in [-0.25, -0.2) is 0 Å². The monoisotopic (exact) mass is 295 g/mol. The summed E-state index contributed by atoms with van der Waals surface area (Å²) in [6.45, 7) is 6.55. The number of anilines is 1. The Hall–Kier alpha value is -0.780. The van der Waals surface area contributed by atoms with Crippen molar-refractivity contribution in [2.75, 3.05) is 44.2 Å². The van der Waals surface area contributed by atoms with Gasteiger partial charge in [0.2, 0.25) is 0 Å². The zero-order chi connectivity index (χ0) is 13.5. The lowest BCUT2D eigenvalue weighted by Crippen LogP contribution is -2.47. The van der Waals surface area contributed by atoms with Crippen LogP contribution in [0.15, 0.2) is 30.3 Å². The number of benzene rings is 1. The van der Waals surface area contributed by atoms with Crippen molar-refractivity contribution >= 4 is 34.9 Å². The molecule has 1 aliphatic rings. The highest BCUT2D eigenvalue weighted by atomic mass is 32.1. The Morgan fingerprint density at radius 3 is 2.47 bits per heavy atom. The van der Waals surface area contributed by atoms with Gasteiger partial charge in [-0.2, -0.15) is 0 Å². The molecule has 1 saturated heterocycles. The molecule has 0 radical (unpaired) electrons. The Bertz CT molecular complexity index is 389. The third-order valence-electron chi connectivity index (χ3n) is 3.42. The van der Waals surface area contributed by atoms with Crippen LogP contribution in [-0.4, -0.2) is 48.5 Å². The molecular formula is C14H21N3S2. The third-order valence-corrected chi connectivity index (χ3v) is 3.72. The Balaban J connectivity index is 1.67. The maximum atomic E-state index is 4.87. The molecule has 0 aliphatic carbocycles. The number of para-hydroxylation sites is 1. The van der Waals surface area contributed by atoms with Gasteiger partial charge in [-0.3, -0.25) is 4.90 Å². The molecule has 2 rings (SSSR count). The molecule has 0 atom stereocenters. The van der Waals surface area contributed by atoms with Gasteiger partial charge in [-0.05, 0) is 25.1 Å². The van der Waals surface area contributed by atoms with Crippen LogP contribution in [0.25, 0.3) is 0 Å². The SMILES string of the molecule is S=C(S)NCCCN1CCN(c2ccccc2)CC1. The van der Waals surface area contributed by atoms with Gasteiger partial charge in [0.25, 0.3) is 0 Å². The van der Waals surface area contributed by atoms with Crippen molar-refractivity contribution < 1.29 is 0 Å². The van der Waals surface area contributed by atoms with Crippen LogP contribution in [0.4, 0.5) is 5.69 Å². The van der Waals surface area contributed by atoms with Crippen molar-refractivity contribution in [3.05, 3.63) is 30.3 Å². The fourth-order valence-electron chi connectivity index (χ4n) is 2.37. The zero-order valence-electron chi connectivity index (χ0n) is 11.1. The van der Waals surface area contributed by atoms with E-state index in [0.717, 1.165) is 45.7 Å². The number of thiol groups is 1. The van der Waals surface area contributed by atoms with Crippen LogP contribution >= 0.6 is 24.8 Å². The molecular weight excluding hydrogens is 274 g/mol. The minimum absolute atomic E-state index is 0.592. The van der Waals surface area contributed by atoms with Gasteiger partial charge in [0, 0.05) is 38.4 Å².